The first-order valence-electron chi connectivity index (χ1n) is 10.9. The second-order valence-electron chi connectivity index (χ2n) is 8.57. The molecular formula is C22H25ClF3N7O. The molecule has 182 valence electrons. The third-order valence-corrected chi connectivity index (χ3v) is 6.25. The van der Waals surface area contributed by atoms with E-state index in [4.69, 9.17) is 11.6 Å². The highest BCUT2D eigenvalue weighted by Gasteiger charge is 2.33. The number of hydrogen-bond acceptors (Lipinski definition) is 6. The Morgan fingerprint density at radius 1 is 1.15 bits per heavy atom. The van der Waals surface area contributed by atoms with E-state index in [0.717, 1.165) is 29.0 Å². The number of piperazine rings is 1. The molecule has 0 radical (unpaired) electrons. The zero-order valence-electron chi connectivity index (χ0n) is 19.0. The van der Waals surface area contributed by atoms with Gasteiger partial charge in [0.2, 0.25) is 5.91 Å². The molecule has 0 bridgehead atoms. The number of carbonyl (C=O) groups excluding carboxylic acids is 1. The van der Waals surface area contributed by atoms with Gasteiger partial charge in [-0.05, 0) is 24.1 Å². The standard InChI is InChI=1S/C22H25ClF3N7O/c1-13(2)18(30-17-5-4-14(10-16(17)23)22(24,25)26)21(34)33-8-6-32(7-9-33)20-15-11-29-31(3)19(15)27-12-28-20/h4-5,10-13,18,30H,6-9H2,1-3H3/t18-/m0/s1. The molecule has 0 unspecified atom stereocenters. The van der Waals surface area contributed by atoms with E-state index in [1.807, 2.05) is 20.9 Å². The van der Waals surface area contributed by atoms with E-state index in [1.165, 1.54) is 12.4 Å². The summed E-state index contributed by atoms with van der Waals surface area (Å²) < 4.78 is 40.5. The van der Waals surface area contributed by atoms with Crippen LogP contribution in [-0.2, 0) is 18.0 Å². The number of alkyl halides is 3. The lowest BCUT2D eigenvalue weighted by Crippen LogP contribution is -2.54. The lowest BCUT2D eigenvalue weighted by atomic mass is 10.0. The molecule has 2 aromatic heterocycles. The maximum Gasteiger partial charge on any atom is 0.416 e. The Morgan fingerprint density at radius 3 is 2.47 bits per heavy atom. The summed E-state index contributed by atoms with van der Waals surface area (Å²) in [5.74, 6) is 0.542. The number of aromatic nitrogens is 4. The Kier molecular flexibility index (Phi) is 6.57. The zero-order valence-corrected chi connectivity index (χ0v) is 19.7. The van der Waals surface area contributed by atoms with Gasteiger partial charge in [0.15, 0.2) is 5.65 Å². The van der Waals surface area contributed by atoms with Gasteiger partial charge in [0, 0.05) is 33.2 Å². The highest BCUT2D eigenvalue weighted by Crippen LogP contribution is 2.34. The van der Waals surface area contributed by atoms with Crippen LogP contribution < -0.4 is 10.2 Å². The fraction of sp³-hybridized carbons (Fsp3) is 0.455. The summed E-state index contributed by atoms with van der Waals surface area (Å²) in [7, 11) is 1.82. The predicted molar refractivity (Wildman–Crippen MR) is 124 cm³/mol. The van der Waals surface area contributed by atoms with Crippen LogP contribution in [0.4, 0.5) is 24.7 Å². The minimum atomic E-state index is -4.49. The smallest absolute Gasteiger partial charge is 0.372 e. The molecule has 1 aliphatic rings. The van der Waals surface area contributed by atoms with Gasteiger partial charge < -0.3 is 15.1 Å². The van der Waals surface area contributed by atoms with Crippen LogP contribution in [0.2, 0.25) is 5.02 Å². The summed E-state index contributed by atoms with van der Waals surface area (Å²) in [5.41, 5.74) is 0.195. The number of halogens is 4. The van der Waals surface area contributed by atoms with Crippen molar-refractivity contribution < 1.29 is 18.0 Å². The monoisotopic (exact) mass is 495 g/mol. The summed E-state index contributed by atoms with van der Waals surface area (Å²) in [5, 5.41) is 8.07. The Labute approximate surface area is 199 Å². The van der Waals surface area contributed by atoms with E-state index in [9.17, 15) is 18.0 Å². The van der Waals surface area contributed by atoms with Crippen molar-refractivity contribution >= 4 is 40.0 Å². The van der Waals surface area contributed by atoms with Gasteiger partial charge in [-0.3, -0.25) is 9.48 Å². The van der Waals surface area contributed by atoms with Gasteiger partial charge in [-0.25, -0.2) is 9.97 Å². The minimum absolute atomic E-state index is 0.0812. The number of hydrogen-bond donors (Lipinski definition) is 1. The van der Waals surface area contributed by atoms with Crippen LogP contribution >= 0.6 is 11.6 Å². The van der Waals surface area contributed by atoms with E-state index in [0.29, 0.717) is 31.9 Å². The first kappa shape index (κ1) is 24.1. The number of nitrogens with zero attached hydrogens (tertiary/aromatic N) is 6. The van der Waals surface area contributed by atoms with E-state index in [2.05, 4.69) is 25.3 Å². The average Bonchev–Trinajstić information content (AvgIpc) is 3.18. The topological polar surface area (TPSA) is 79.2 Å². The summed E-state index contributed by atoms with van der Waals surface area (Å²) >= 11 is 6.10. The molecule has 34 heavy (non-hydrogen) atoms. The molecule has 1 fully saturated rings. The maximum atomic E-state index is 13.3. The molecule has 8 nitrogen and oxygen atoms in total. The number of carbonyl (C=O) groups is 1. The molecule has 12 heteroatoms. The first-order valence-corrected chi connectivity index (χ1v) is 11.2. The molecule has 1 amide bonds. The van der Waals surface area contributed by atoms with Crippen LogP contribution in [0.1, 0.15) is 19.4 Å². The second-order valence-corrected chi connectivity index (χ2v) is 8.98. The van der Waals surface area contributed by atoms with Crippen molar-refractivity contribution in [1.82, 2.24) is 24.6 Å². The molecule has 1 aliphatic heterocycles. The van der Waals surface area contributed by atoms with Crippen LogP contribution in [0.3, 0.4) is 0 Å². The SMILES string of the molecule is CC(C)[C@H](Nc1ccc(C(F)(F)F)cc1Cl)C(=O)N1CCN(c2ncnc3c2cnn3C)CC1. The van der Waals surface area contributed by atoms with Gasteiger partial charge in [0.1, 0.15) is 18.2 Å². The molecule has 4 rings (SSSR count). The van der Waals surface area contributed by atoms with Crippen molar-refractivity contribution in [3.63, 3.8) is 0 Å². The Bertz CT molecular complexity index is 1190. The molecule has 1 aromatic carbocycles. The Hall–Kier alpha value is -3.08. The number of amides is 1. The van der Waals surface area contributed by atoms with Crippen LogP contribution in [-0.4, -0.2) is 62.8 Å². The largest absolute Gasteiger partial charge is 0.416 e. The summed E-state index contributed by atoms with van der Waals surface area (Å²) in [4.78, 5) is 25.9. The lowest BCUT2D eigenvalue weighted by Gasteiger charge is -2.38. The molecule has 0 saturated carbocycles. The molecular weight excluding hydrogens is 471 g/mol. The van der Waals surface area contributed by atoms with Crippen molar-refractivity contribution in [3.8, 4) is 0 Å². The van der Waals surface area contributed by atoms with Crippen molar-refractivity contribution in [2.75, 3.05) is 36.4 Å². The van der Waals surface area contributed by atoms with Crippen molar-refractivity contribution in [1.29, 1.82) is 0 Å². The number of rotatable bonds is 5. The number of anilines is 2. The predicted octanol–water partition coefficient (Wildman–Crippen LogP) is 3.82. The maximum absolute atomic E-state index is 13.3. The molecule has 0 spiro atoms. The van der Waals surface area contributed by atoms with E-state index in [-0.39, 0.29) is 16.8 Å². The third kappa shape index (κ3) is 4.75. The van der Waals surface area contributed by atoms with Gasteiger partial charge in [-0.2, -0.15) is 18.3 Å². The van der Waals surface area contributed by atoms with Gasteiger partial charge in [-0.15, -0.1) is 0 Å². The molecule has 0 aliphatic carbocycles. The van der Waals surface area contributed by atoms with E-state index in [1.54, 1.807) is 15.8 Å². The van der Waals surface area contributed by atoms with Gasteiger partial charge in [0.25, 0.3) is 0 Å². The quantitative estimate of drug-likeness (QED) is 0.579. The molecule has 1 saturated heterocycles. The number of fused-ring (bicyclic) bond motifs is 1. The fourth-order valence-corrected chi connectivity index (χ4v) is 4.26. The van der Waals surface area contributed by atoms with Crippen LogP contribution in [0.15, 0.2) is 30.7 Å². The van der Waals surface area contributed by atoms with Crippen LogP contribution in [0.5, 0.6) is 0 Å². The fourth-order valence-electron chi connectivity index (χ4n) is 4.03. The van der Waals surface area contributed by atoms with Crippen molar-refractivity contribution in [2.45, 2.75) is 26.1 Å². The van der Waals surface area contributed by atoms with Gasteiger partial charge in [-0.1, -0.05) is 25.4 Å². The highest BCUT2D eigenvalue weighted by molar-refractivity contribution is 6.33. The van der Waals surface area contributed by atoms with E-state index >= 15 is 0 Å². The lowest BCUT2D eigenvalue weighted by molar-refractivity contribution is -0.137. The molecule has 3 heterocycles. The molecule has 3 aromatic rings. The van der Waals surface area contributed by atoms with Crippen molar-refractivity contribution in [2.24, 2.45) is 13.0 Å². The Morgan fingerprint density at radius 2 is 1.85 bits per heavy atom. The minimum Gasteiger partial charge on any atom is -0.372 e. The van der Waals surface area contributed by atoms with Crippen LogP contribution in [0, 0.1) is 5.92 Å². The highest BCUT2D eigenvalue weighted by atomic mass is 35.5. The third-order valence-electron chi connectivity index (χ3n) is 5.94. The van der Waals surface area contributed by atoms with Gasteiger partial charge in [0.05, 0.1) is 27.9 Å². The molecule has 1 N–H and O–H groups in total. The molecule has 1 atom stereocenters. The zero-order chi connectivity index (χ0) is 24.6. The van der Waals surface area contributed by atoms with Crippen molar-refractivity contribution in [3.05, 3.63) is 41.3 Å². The summed E-state index contributed by atoms with van der Waals surface area (Å²) in [6.07, 6.45) is -1.25. The van der Waals surface area contributed by atoms with E-state index < -0.39 is 17.8 Å². The number of aryl methyl sites for hydroxylation is 1. The Balaban J connectivity index is 1.45. The number of benzene rings is 1. The summed E-state index contributed by atoms with van der Waals surface area (Å²) in [6, 6.07) is 2.45. The summed E-state index contributed by atoms with van der Waals surface area (Å²) in [6.45, 7) is 5.89. The number of nitrogens with one attached hydrogen (secondary N) is 1. The van der Waals surface area contributed by atoms with Gasteiger partial charge >= 0.3 is 6.18 Å². The normalized spacial score (nSPS) is 15.8. The second kappa shape index (κ2) is 9.28. The first-order chi connectivity index (χ1) is 16.1. The van der Waals surface area contributed by atoms with Crippen LogP contribution in [0.25, 0.3) is 11.0 Å². The average molecular weight is 496 g/mol.